The van der Waals surface area contributed by atoms with Gasteiger partial charge in [-0.2, -0.15) is 0 Å². The van der Waals surface area contributed by atoms with Crippen LogP contribution in [0.1, 0.15) is 31.4 Å². The molecule has 100 valence electrons. The van der Waals surface area contributed by atoms with Gasteiger partial charge in [0.25, 0.3) is 0 Å². The van der Waals surface area contributed by atoms with Gasteiger partial charge in [-0.25, -0.2) is 4.39 Å². The maximum absolute atomic E-state index is 13.9. The summed E-state index contributed by atoms with van der Waals surface area (Å²) in [6.45, 7) is 5.15. The van der Waals surface area contributed by atoms with Crippen LogP contribution in [-0.4, -0.2) is 10.5 Å². The Kier molecular flexibility index (Phi) is 2.46. The van der Waals surface area contributed by atoms with Gasteiger partial charge in [-0.05, 0) is 35.1 Å². The van der Waals surface area contributed by atoms with Crippen molar-refractivity contribution in [2.75, 3.05) is 0 Å². The van der Waals surface area contributed by atoms with Crippen molar-refractivity contribution in [2.45, 2.75) is 38.6 Å². The number of carbonyl (C=O) groups is 1. The van der Waals surface area contributed by atoms with Crippen LogP contribution < -0.4 is 5.73 Å². The van der Waals surface area contributed by atoms with Gasteiger partial charge in [0.05, 0.1) is 11.9 Å². The first-order valence-corrected chi connectivity index (χ1v) is 6.48. The highest BCUT2D eigenvalue weighted by atomic mass is 19.1. The summed E-state index contributed by atoms with van der Waals surface area (Å²) in [4.78, 5) is 11.1. The van der Waals surface area contributed by atoms with Gasteiger partial charge in [-0.3, -0.25) is 4.79 Å². The first kappa shape index (κ1) is 12.2. The second-order valence-corrected chi connectivity index (χ2v) is 5.97. The largest absolute Gasteiger partial charge is 0.369 e. The predicted molar refractivity (Wildman–Crippen MR) is 72.4 cm³/mol. The minimum atomic E-state index is -0.386. The van der Waals surface area contributed by atoms with E-state index in [2.05, 4.69) is 18.4 Å². The van der Waals surface area contributed by atoms with E-state index in [1.54, 1.807) is 6.07 Å². The number of benzene rings is 1. The van der Waals surface area contributed by atoms with Crippen LogP contribution in [0.25, 0.3) is 10.9 Å². The number of hydrogen-bond acceptors (Lipinski definition) is 1. The number of hydrogen-bond donors (Lipinski definition) is 1. The summed E-state index contributed by atoms with van der Waals surface area (Å²) in [6.07, 6.45) is 3.06. The van der Waals surface area contributed by atoms with Crippen LogP contribution >= 0.6 is 0 Å². The van der Waals surface area contributed by atoms with Gasteiger partial charge in [-0.1, -0.05) is 13.8 Å². The molecule has 19 heavy (non-hydrogen) atoms. The Balaban J connectivity index is 2.33. The van der Waals surface area contributed by atoms with E-state index in [1.165, 1.54) is 6.07 Å². The van der Waals surface area contributed by atoms with Crippen LogP contribution in [0.5, 0.6) is 0 Å². The van der Waals surface area contributed by atoms with E-state index < -0.39 is 0 Å². The summed E-state index contributed by atoms with van der Waals surface area (Å²) >= 11 is 0. The number of rotatable bonds is 2. The summed E-state index contributed by atoms with van der Waals surface area (Å²) in [5, 5.41) is 0.821. The van der Waals surface area contributed by atoms with Gasteiger partial charge in [0, 0.05) is 18.1 Å². The average Bonchev–Trinajstić information content (AvgIpc) is 2.62. The van der Waals surface area contributed by atoms with E-state index in [9.17, 15) is 9.18 Å². The third kappa shape index (κ3) is 1.82. The van der Waals surface area contributed by atoms with Crippen LogP contribution in [0.3, 0.4) is 0 Å². The van der Waals surface area contributed by atoms with E-state index in [4.69, 9.17) is 5.73 Å². The summed E-state index contributed by atoms with van der Waals surface area (Å²) in [5.41, 5.74) is 8.11. The molecule has 0 radical (unpaired) electrons. The molecule has 3 rings (SSSR count). The average molecular weight is 260 g/mol. The summed E-state index contributed by atoms with van der Waals surface area (Å²) in [6, 6.07) is 3.13. The molecule has 0 bridgehead atoms. The fourth-order valence-corrected chi connectivity index (χ4v) is 3.03. The molecule has 1 aliphatic rings. The molecule has 0 unspecified atom stereocenters. The quantitative estimate of drug-likeness (QED) is 0.886. The lowest BCUT2D eigenvalue weighted by Gasteiger charge is -2.31. The van der Waals surface area contributed by atoms with Crippen molar-refractivity contribution in [1.82, 2.24) is 4.57 Å². The van der Waals surface area contributed by atoms with Crippen LogP contribution in [0.15, 0.2) is 18.3 Å². The maximum atomic E-state index is 13.9. The summed E-state index contributed by atoms with van der Waals surface area (Å²) < 4.78 is 16.0. The number of primary amides is 1. The van der Waals surface area contributed by atoms with Gasteiger partial charge in [0.15, 0.2) is 0 Å². The van der Waals surface area contributed by atoms with E-state index in [0.717, 1.165) is 35.0 Å². The normalized spacial score (nSPS) is 16.8. The molecule has 0 spiro atoms. The highest BCUT2D eigenvalue weighted by Gasteiger charge is 2.30. The molecule has 1 aliphatic heterocycles. The molecule has 4 heteroatoms. The molecule has 2 N–H and O–H groups in total. The zero-order chi connectivity index (χ0) is 13.8. The second-order valence-electron chi connectivity index (χ2n) is 5.97. The zero-order valence-electron chi connectivity index (χ0n) is 11.2. The summed E-state index contributed by atoms with van der Waals surface area (Å²) in [5.74, 6) is -0.635. The molecule has 0 fully saturated rings. The lowest BCUT2D eigenvalue weighted by molar-refractivity contribution is -0.117. The van der Waals surface area contributed by atoms with Crippen molar-refractivity contribution >= 4 is 16.8 Å². The smallest absolute Gasteiger partial charge is 0.221 e. The van der Waals surface area contributed by atoms with Crippen LogP contribution in [0, 0.1) is 5.82 Å². The van der Waals surface area contributed by atoms with Crippen molar-refractivity contribution in [3.8, 4) is 0 Å². The molecule has 2 aromatic rings. The Morgan fingerprint density at radius 1 is 1.47 bits per heavy atom. The van der Waals surface area contributed by atoms with Gasteiger partial charge in [0.1, 0.15) is 5.82 Å². The Labute approximate surface area is 111 Å². The minimum absolute atomic E-state index is 0.0430. The number of halogens is 1. The third-order valence-corrected chi connectivity index (χ3v) is 4.09. The molecule has 1 aromatic carbocycles. The maximum Gasteiger partial charge on any atom is 0.221 e. The molecule has 3 nitrogen and oxygen atoms in total. The zero-order valence-corrected chi connectivity index (χ0v) is 11.2. The van der Waals surface area contributed by atoms with Crippen molar-refractivity contribution in [3.05, 3.63) is 35.3 Å². The first-order valence-electron chi connectivity index (χ1n) is 6.48. The highest BCUT2D eigenvalue weighted by molar-refractivity contribution is 5.91. The van der Waals surface area contributed by atoms with Crippen LogP contribution in [-0.2, 0) is 23.2 Å². The number of aromatic nitrogens is 1. The minimum Gasteiger partial charge on any atom is -0.369 e. The fraction of sp³-hybridized carbons (Fsp3) is 0.400. The van der Waals surface area contributed by atoms with Crippen molar-refractivity contribution in [2.24, 2.45) is 5.73 Å². The molecule has 0 saturated heterocycles. The first-order chi connectivity index (χ1) is 8.88. The third-order valence-electron chi connectivity index (χ3n) is 4.09. The molecule has 2 heterocycles. The Morgan fingerprint density at radius 3 is 2.89 bits per heavy atom. The second kappa shape index (κ2) is 3.83. The lowest BCUT2D eigenvalue weighted by atomic mass is 9.78. The van der Waals surface area contributed by atoms with Gasteiger partial charge in [-0.15, -0.1) is 0 Å². The van der Waals surface area contributed by atoms with Gasteiger partial charge < -0.3 is 10.3 Å². The number of nitrogens with two attached hydrogens (primary N) is 1. The number of aryl methyl sites for hydroxylation is 1. The topological polar surface area (TPSA) is 48.0 Å². The summed E-state index contributed by atoms with van der Waals surface area (Å²) in [7, 11) is 0. The molecule has 0 aliphatic carbocycles. The van der Waals surface area contributed by atoms with Crippen LogP contribution in [0.4, 0.5) is 4.39 Å². The van der Waals surface area contributed by atoms with Crippen LogP contribution in [0.2, 0.25) is 0 Å². The van der Waals surface area contributed by atoms with E-state index >= 15 is 0 Å². The molecule has 1 amide bonds. The predicted octanol–water partition coefficient (Wildman–Crippen LogP) is 2.49. The molecule has 0 saturated carbocycles. The fourth-order valence-electron chi connectivity index (χ4n) is 3.03. The lowest BCUT2D eigenvalue weighted by Crippen LogP contribution is -2.25. The van der Waals surface area contributed by atoms with E-state index in [-0.39, 0.29) is 23.6 Å². The standard InChI is InChI=1S/C15H17FN2O/c1-15(2)3-4-18-8-9(5-13(17)19)11-6-10(16)7-12(15)14(11)18/h6-8H,3-5H2,1-2H3,(H2,17,19). The SMILES string of the molecule is CC1(C)CCn2cc(CC(N)=O)c3cc(F)cc1c32. The molecular weight excluding hydrogens is 243 g/mol. The van der Waals surface area contributed by atoms with E-state index in [0.29, 0.717) is 0 Å². The number of amides is 1. The Bertz CT molecular complexity index is 685. The molecule has 0 atom stereocenters. The van der Waals surface area contributed by atoms with Crippen molar-refractivity contribution < 1.29 is 9.18 Å². The Hall–Kier alpha value is -1.84. The van der Waals surface area contributed by atoms with E-state index in [1.807, 2.05) is 6.20 Å². The molecular formula is C15H17FN2O. The van der Waals surface area contributed by atoms with Gasteiger partial charge >= 0.3 is 0 Å². The molecule has 1 aromatic heterocycles. The number of nitrogens with zero attached hydrogens (tertiary/aromatic N) is 1. The Morgan fingerprint density at radius 2 is 2.21 bits per heavy atom. The highest BCUT2D eigenvalue weighted by Crippen LogP contribution is 2.40. The van der Waals surface area contributed by atoms with Crippen molar-refractivity contribution in [3.63, 3.8) is 0 Å². The van der Waals surface area contributed by atoms with Gasteiger partial charge in [0.2, 0.25) is 5.91 Å². The van der Waals surface area contributed by atoms with Crippen molar-refractivity contribution in [1.29, 1.82) is 0 Å². The monoisotopic (exact) mass is 260 g/mol. The number of carbonyl (C=O) groups excluding carboxylic acids is 1.